The van der Waals surface area contributed by atoms with E-state index in [9.17, 15) is 9.18 Å². The lowest BCUT2D eigenvalue weighted by Crippen LogP contribution is -2.21. The topological polar surface area (TPSA) is 44.8 Å². The molecule has 2 unspecified atom stereocenters. The van der Waals surface area contributed by atoms with E-state index in [0.29, 0.717) is 18.6 Å². The van der Waals surface area contributed by atoms with Crippen LogP contribution in [0.3, 0.4) is 0 Å². The molecule has 0 aromatic heterocycles. The van der Waals surface area contributed by atoms with Crippen LogP contribution in [0.1, 0.15) is 69.4 Å². The monoisotopic (exact) mass is 490 g/mol. The zero-order chi connectivity index (χ0) is 25.1. The van der Waals surface area contributed by atoms with Crippen LogP contribution in [0.15, 0.2) is 54.1 Å². The van der Waals surface area contributed by atoms with Crippen LogP contribution in [0.4, 0.5) is 4.39 Å². The Morgan fingerprint density at radius 3 is 2.69 bits per heavy atom. The molecule has 0 radical (unpaired) electrons. The number of ketones is 1. The summed E-state index contributed by atoms with van der Waals surface area (Å²) in [6.45, 7) is 1.88. The molecule has 2 atom stereocenters. The number of fused-ring (bicyclic) bond motifs is 1. The number of para-hydroxylation sites is 1. The fraction of sp³-hybridized carbons (Fsp3) is 0.452. The molecule has 1 heterocycles. The maximum absolute atomic E-state index is 14.5. The maximum Gasteiger partial charge on any atom is 0.165 e. The molecule has 190 valence electrons. The quantitative estimate of drug-likeness (QED) is 0.428. The highest BCUT2D eigenvalue weighted by Crippen LogP contribution is 2.37. The zero-order valence-electron chi connectivity index (χ0n) is 21.2. The van der Waals surface area contributed by atoms with E-state index in [0.717, 1.165) is 65.9 Å². The van der Waals surface area contributed by atoms with E-state index in [1.165, 1.54) is 18.9 Å². The molecular formula is C31H35FO4. The highest BCUT2D eigenvalue weighted by molar-refractivity contribution is 5.99. The molecule has 0 spiro atoms. The summed E-state index contributed by atoms with van der Waals surface area (Å²) in [6, 6.07) is 11.1. The number of hydrogen-bond donors (Lipinski definition) is 0. The van der Waals surface area contributed by atoms with Crippen LogP contribution in [0.2, 0.25) is 0 Å². The molecule has 2 aromatic carbocycles. The van der Waals surface area contributed by atoms with E-state index in [-0.39, 0.29) is 29.7 Å². The van der Waals surface area contributed by atoms with E-state index < -0.39 is 0 Å². The van der Waals surface area contributed by atoms with Crippen LogP contribution >= 0.6 is 0 Å². The minimum absolute atomic E-state index is 0.000764. The number of rotatable bonds is 6. The lowest BCUT2D eigenvalue weighted by molar-refractivity contribution is -0.116. The van der Waals surface area contributed by atoms with E-state index in [4.69, 9.17) is 14.2 Å². The number of methoxy groups -OCH3 is 1. The Morgan fingerprint density at radius 1 is 1.06 bits per heavy atom. The summed E-state index contributed by atoms with van der Waals surface area (Å²) < 4.78 is 32.6. The molecule has 5 rings (SSSR count). The average Bonchev–Trinajstić information content (AvgIpc) is 3.23. The van der Waals surface area contributed by atoms with Crippen molar-refractivity contribution in [2.75, 3.05) is 7.11 Å². The van der Waals surface area contributed by atoms with Crippen LogP contribution in [0.25, 0.3) is 5.57 Å². The Hall–Kier alpha value is -3.08. The Kier molecular flexibility index (Phi) is 7.45. The second kappa shape index (κ2) is 10.9. The number of hydrogen-bond acceptors (Lipinski definition) is 4. The van der Waals surface area contributed by atoms with Gasteiger partial charge in [-0.25, -0.2) is 4.39 Å². The molecule has 36 heavy (non-hydrogen) atoms. The fourth-order valence-corrected chi connectivity index (χ4v) is 5.67. The van der Waals surface area contributed by atoms with Gasteiger partial charge in [-0.1, -0.05) is 24.3 Å². The Morgan fingerprint density at radius 2 is 1.89 bits per heavy atom. The Balaban J connectivity index is 1.41. The van der Waals surface area contributed by atoms with Gasteiger partial charge >= 0.3 is 0 Å². The molecule has 5 heteroatoms. The number of ether oxygens (including phenoxy) is 3. The summed E-state index contributed by atoms with van der Waals surface area (Å²) >= 11 is 0. The van der Waals surface area contributed by atoms with Crippen molar-refractivity contribution in [2.45, 2.75) is 76.9 Å². The van der Waals surface area contributed by atoms with Gasteiger partial charge in [-0.2, -0.15) is 0 Å². The van der Waals surface area contributed by atoms with E-state index in [2.05, 4.69) is 6.08 Å². The first kappa shape index (κ1) is 24.6. The van der Waals surface area contributed by atoms with Crippen molar-refractivity contribution in [3.05, 3.63) is 71.1 Å². The third-order valence-electron chi connectivity index (χ3n) is 7.64. The maximum atomic E-state index is 14.5. The molecule has 3 aliphatic rings. The summed E-state index contributed by atoms with van der Waals surface area (Å²) in [6.07, 6.45) is 12.5. The lowest BCUT2D eigenvalue weighted by Gasteiger charge is -2.22. The number of halogens is 1. The average molecular weight is 491 g/mol. The Labute approximate surface area is 213 Å². The number of Topliss-reactive ketones (excluding diaryl/α,β-unsaturated/α-hetero) is 1. The van der Waals surface area contributed by atoms with Crippen LogP contribution < -0.4 is 14.2 Å². The van der Waals surface area contributed by atoms with E-state index >= 15 is 0 Å². The van der Waals surface area contributed by atoms with Crippen LogP contribution in [0, 0.1) is 11.7 Å². The standard InChI is InChI=1S/C31H35FO4/c1-20-15-24(23-13-14-29(34-2)30(19-23)35-25-9-3-4-10-25)16-21(18-28(20)33)17-26-11-5-7-22-8-6-12-27(32)31(22)36-26/h6,8,12-16,19,21,25-26H,3-5,7,9-11,17-18H2,1-2H3. The second-order valence-corrected chi connectivity index (χ2v) is 10.3. The number of allylic oxidation sites excluding steroid dienone is 4. The smallest absolute Gasteiger partial charge is 0.165 e. The number of carbonyl (C=O) groups is 1. The summed E-state index contributed by atoms with van der Waals surface area (Å²) in [5.41, 5.74) is 3.68. The first-order chi connectivity index (χ1) is 17.5. The largest absolute Gasteiger partial charge is 0.493 e. The molecule has 4 nitrogen and oxygen atoms in total. The molecule has 0 bridgehead atoms. The predicted octanol–water partition coefficient (Wildman–Crippen LogP) is 7.25. The normalized spacial score (nSPS) is 22.6. The molecule has 1 aliphatic heterocycles. The lowest BCUT2D eigenvalue weighted by atomic mass is 9.91. The van der Waals surface area contributed by atoms with Crippen molar-refractivity contribution in [1.82, 2.24) is 0 Å². The van der Waals surface area contributed by atoms with Crippen molar-refractivity contribution in [3.63, 3.8) is 0 Å². The number of benzene rings is 2. The van der Waals surface area contributed by atoms with Crippen LogP contribution in [0.5, 0.6) is 17.2 Å². The molecular weight excluding hydrogens is 455 g/mol. The van der Waals surface area contributed by atoms with Gasteiger partial charge in [0.2, 0.25) is 0 Å². The van der Waals surface area contributed by atoms with Gasteiger partial charge in [-0.3, -0.25) is 4.79 Å². The SMILES string of the molecule is COc1ccc(C2=CC(CC3CCCc4cccc(F)c4O3)CC(=O)C(C)=C2)cc1OC1CCCC1. The molecule has 0 amide bonds. The van der Waals surface area contributed by atoms with E-state index in [1.807, 2.05) is 37.3 Å². The molecule has 2 aromatic rings. The van der Waals surface area contributed by atoms with Gasteiger partial charge < -0.3 is 14.2 Å². The second-order valence-electron chi connectivity index (χ2n) is 10.3. The first-order valence-electron chi connectivity index (χ1n) is 13.2. The van der Waals surface area contributed by atoms with Crippen LogP contribution in [-0.2, 0) is 11.2 Å². The van der Waals surface area contributed by atoms with Gasteiger partial charge in [-0.05, 0) is 111 Å². The van der Waals surface area contributed by atoms with Crippen molar-refractivity contribution in [2.24, 2.45) is 5.92 Å². The Bertz CT molecular complexity index is 1180. The number of aryl methyl sites for hydroxylation is 1. The van der Waals surface area contributed by atoms with Gasteiger partial charge in [0.05, 0.1) is 19.3 Å². The van der Waals surface area contributed by atoms with Crippen LogP contribution in [-0.4, -0.2) is 25.1 Å². The molecule has 0 N–H and O–H groups in total. The van der Waals surface area contributed by atoms with Gasteiger partial charge in [0.15, 0.2) is 28.8 Å². The number of carbonyl (C=O) groups excluding carboxylic acids is 1. The van der Waals surface area contributed by atoms with Crippen molar-refractivity contribution in [3.8, 4) is 17.2 Å². The third-order valence-corrected chi connectivity index (χ3v) is 7.64. The van der Waals surface area contributed by atoms with Gasteiger partial charge in [-0.15, -0.1) is 0 Å². The predicted molar refractivity (Wildman–Crippen MR) is 139 cm³/mol. The minimum atomic E-state index is -0.307. The van der Waals surface area contributed by atoms with Gasteiger partial charge in [0.1, 0.15) is 0 Å². The van der Waals surface area contributed by atoms with Gasteiger partial charge in [0, 0.05) is 6.42 Å². The van der Waals surface area contributed by atoms with Crippen molar-refractivity contribution >= 4 is 11.4 Å². The molecule has 2 aliphatic carbocycles. The highest BCUT2D eigenvalue weighted by atomic mass is 19.1. The minimum Gasteiger partial charge on any atom is -0.493 e. The van der Waals surface area contributed by atoms with E-state index in [1.54, 1.807) is 13.2 Å². The molecule has 0 saturated heterocycles. The zero-order valence-corrected chi connectivity index (χ0v) is 21.2. The third kappa shape index (κ3) is 5.50. The fourth-order valence-electron chi connectivity index (χ4n) is 5.67. The molecule has 1 saturated carbocycles. The summed E-state index contributed by atoms with van der Waals surface area (Å²) in [5, 5.41) is 0. The van der Waals surface area contributed by atoms with Crippen molar-refractivity contribution < 1.29 is 23.4 Å². The molecule has 1 fully saturated rings. The highest BCUT2D eigenvalue weighted by Gasteiger charge is 2.27. The summed E-state index contributed by atoms with van der Waals surface area (Å²) in [4.78, 5) is 12.9. The van der Waals surface area contributed by atoms with Crippen molar-refractivity contribution in [1.29, 1.82) is 0 Å². The van der Waals surface area contributed by atoms with Gasteiger partial charge in [0.25, 0.3) is 0 Å². The first-order valence-corrected chi connectivity index (χ1v) is 13.2. The summed E-state index contributed by atoms with van der Waals surface area (Å²) in [7, 11) is 1.66. The summed E-state index contributed by atoms with van der Waals surface area (Å²) in [5.74, 6) is 1.68.